The Kier molecular flexibility index (Phi) is 12.0. The highest BCUT2D eigenvalue weighted by atomic mass is 79.9. The van der Waals surface area contributed by atoms with Gasteiger partial charge in [-0.1, -0.05) is 66.3 Å². The van der Waals surface area contributed by atoms with Crippen LogP contribution in [0.25, 0.3) is 0 Å². The molecule has 0 bridgehead atoms. The minimum atomic E-state index is -0.847. The molecule has 0 saturated heterocycles. The zero-order valence-corrected chi connectivity index (χ0v) is 26.3. The van der Waals surface area contributed by atoms with Crippen LogP contribution in [0.3, 0.4) is 0 Å². The normalized spacial score (nSPS) is 11.9. The van der Waals surface area contributed by atoms with Gasteiger partial charge in [-0.3, -0.25) is 9.59 Å². The van der Waals surface area contributed by atoms with Crippen LogP contribution in [0.15, 0.2) is 58.1 Å². The van der Waals surface area contributed by atoms with Gasteiger partial charge in [-0.2, -0.15) is 5.10 Å². The summed E-state index contributed by atoms with van der Waals surface area (Å²) in [4.78, 5) is 25.6. The van der Waals surface area contributed by atoms with E-state index in [4.69, 9.17) is 55.9 Å². The Bertz CT molecular complexity index is 1420. The number of ether oxygens (including phenoxy) is 2. The maximum absolute atomic E-state index is 12.9. The van der Waals surface area contributed by atoms with Crippen molar-refractivity contribution >= 4 is 80.4 Å². The van der Waals surface area contributed by atoms with Crippen molar-refractivity contribution in [2.75, 3.05) is 6.61 Å². The summed E-state index contributed by atoms with van der Waals surface area (Å²) in [6.45, 7) is 6.07. The minimum absolute atomic E-state index is 0.197. The molecule has 3 aromatic rings. The van der Waals surface area contributed by atoms with E-state index in [1.807, 2.05) is 20.8 Å². The monoisotopic (exact) mass is 687 g/mol. The van der Waals surface area contributed by atoms with E-state index in [0.717, 1.165) is 5.56 Å². The predicted molar refractivity (Wildman–Crippen MR) is 164 cm³/mol. The third kappa shape index (κ3) is 8.75. The molecule has 3 aromatic carbocycles. The van der Waals surface area contributed by atoms with Gasteiger partial charge in [0, 0.05) is 21.2 Å². The minimum Gasteiger partial charge on any atom is -0.490 e. The molecule has 0 saturated carbocycles. The molecule has 3 rings (SSSR count). The second-order valence-electron chi connectivity index (χ2n) is 8.85. The summed E-state index contributed by atoms with van der Waals surface area (Å²) in [5.41, 5.74) is 4.17. The molecule has 0 spiro atoms. The Morgan fingerprint density at radius 1 is 0.975 bits per heavy atom. The summed E-state index contributed by atoms with van der Waals surface area (Å²) in [5.74, 6) is -0.200. The van der Waals surface area contributed by atoms with Crippen molar-refractivity contribution in [1.82, 2.24) is 10.7 Å². The first-order chi connectivity index (χ1) is 19.0. The molecule has 0 aliphatic heterocycles. The van der Waals surface area contributed by atoms with E-state index in [2.05, 4.69) is 31.8 Å². The second kappa shape index (κ2) is 14.9. The first kappa shape index (κ1) is 32.0. The van der Waals surface area contributed by atoms with E-state index >= 15 is 0 Å². The Labute approximate surface area is 261 Å². The molecule has 1 unspecified atom stereocenters. The van der Waals surface area contributed by atoms with Gasteiger partial charge < -0.3 is 14.8 Å². The Morgan fingerprint density at radius 3 is 2.38 bits per heavy atom. The van der Waals surface area contributed by atoms with Gasteiger partial charge >= 0.3 is 0 Å². The molecule has 1 atom stereocenters. The number of halogens is 5. The van der Waals surface area contributed by atoms with Crippen LogP contribution >= 0.6 is 62.3 Å². The van der Waals surface area contributed by atoms with Gasteiger partial charge in [0.2, 0.25) is 0 Å². The first-order valence-electron chi connectivity index (χ1n) is 12.1. The van der Waals surface area contributed by atoms with Crippen molar-refractivity contribution in [1.29, 1.82) is 0 Å². The lowest BCUT2D eigenvalue weighted by Crippen LogP contribution is -2.48. The lowest BCUT2D eigenvalue weighted by Gasteiger charge is -2.20. The molecule has 7 nitrogen and oxygen atoms in total. The molecule has 0 aliphatic carbocycles. The highest BCUT2D eigenvalue weighted by molar-refractivity contribution is 9.10. The standard InChI is InChI=1S/C28H26BrCl4N3O4/c1-4-39-24-10-16(9-20(29)26(24)40-14-18-5-7-19(30)12-22(18)32)13-34-36-28(38)25(15(2)3)35-27(37)17-6-8-21(31)23(33)11-17/h5-13,15,25H,4,14H2,1-3H3,(H,35,37)(H,36,38). The topological polar surface area (TPSA) is 89.0 Å². The molecule has 0 aliphatic rings. The zero-order chi connectivity index (χ0) is 29.4. The van der Waals surface area contributed by atoms with Crippen LogP contribution in [-0.4, -0.2) is 30.7 Å². The summed E-state index contributed by atoms with van der Waals surface area (Å²) >= 11 is 27.7. The van der Waals surface area contributed by atoms with E-state index in [0.29, 0.717) is 43.2 Å². The molecule has 0 radical (unpaired) electrons. The number of hydrogen-bond acceptors (Lipinski definition) is 5. The van der Waals surface area contributed by atoms with E-state index < -0.39 is 17.9 Å². The number of carbonyl (C=O) groups is 2. The fraction of sp³-hybridized carbons (Fsp3) is 0.250. The van der Waals surface area contributed by atoms with Crippen molar-refractivity contribution in [3.05, 3.63) is 89.8 Å². The van der Waals surface area contributed by atoms with Crippen LogP contribution in [0.4, 0.5) is 0 Å². The average molecular weight is 690 g/mol. The van der Waals surface area contributed by atoms with Gasteiger partial charge in [-0.25, -0.2) is 5.43 Å². The van der Waals surface area contributed by atoms with Gasteiger partial charge in [-0.15, -0.1) is 0 Å². The van der Waals surface area contributed by atoms with Crippen LogP contribution in [0.1, 0.15) is 42.3 Å². The highest BCUT2D eigenvalue weighted by Gasteiger charge is 2.25. The Morgan fingerprint density at radius 2 is 1.73 bits per heavy atom. The molecule has 0 heterocycles. The van der Waals surface area contributed by atoms with Crippen molar-refractivity contribution in [2.45, 2.75) is 33.4 Å². The van der Waals surface area contributed by atoms with Crippen molar-refractivity contribution in [3.8, 4) is 11.5 Å². The Balaban J connectivity index is 1.70. The summed E-state index contributed by atoms with van der Waals surface area (Å²) in [6, 6.07) is 12.3. The third-order valence-electron chi connectivity index (χ3n) is 5.52. The summed E-state index contributed by atoms with van der Waals surface area (Å²) < 4.78 is 12.4. The molecule has 40 heavy (non-hydrogen) atoms. The summed E-state index contributed by atoms with van der Waals surface area (Å²) in [6.07, 6.45) is 1.46. The molecular weight excluding hydrogens is 664 g/mol. The van der Waals surface area contributed by atoms with Crippen LogP contribution in [0.5, 0.6) is 11.5 Å². The van der Waals surface area contributed by atoms with Crippen LogP contribution in [-0.2, 0) is 11.4 Å². The second-order valence-corrected chi connectivity index (χ2v) is 11.4. The first-order valence-corrected chi connectivity index (χ1v) is 14.4. The largest absolute Gasteiger partial charge is 0.490 e. The number of rotatable bonds is 11. The fourth-order valence-corrected chi connectivity index (χ4v) is 4.83. The number of carbonyl (C=O) groups excluding carboxylic acids is 2. The van der Waals surface area contributed by atoms with Crippen molar-refractivity contribution in [2.24, 2.45) is 11.0 Å². The zero-order valence-electron chi connectivity index (χ0n) is 21.7. The fourth-order valence-electron chi connectivity index (χ4n) is 3.49. The maximum Gasteiger partial charge on any atom is 0.262 e. The molecule has 2 N–H and O–H groups in total. The van der Waals surface area contributed by atoms with E-state index in [-0.39, 0.29) is 23.1 Å². The van der Waals surface area contributed by atoms with E-state index in [1.165, 1.54) is 24.4 Å². The van der Waals surface area contributed by atoms with Gasteiger partial charge in [0.15, 0.2) is 11.5 Å². The van der Waals surface area contributed by atoms with E-state index in [1.54, 1.807) is 30.3 Å². The molecule has 12 heteroatoms. The summed E-state index contributed by atoms with van der Waals surface area (Å²) in [7, 11) is 0. The van der Waals surface area contributed by atoms with Crippen LogP contribution in [0.2, 0.25) is 20.1 Å². The number of nitrogens with zero attached hydrogens (tertiary/aromatic N) is 1. The lowest BCUT2D eigenvalue weighted by atomic mass is 10.0. The summed E-state index contributed by atoms with van der Waals surface area (Å²) in [5, 5.41) is 8.39. The van der Waals surface area contributed by atoms with E-state index in [9.17, 15) is 9.59 Å². The van der Waals surface area contributed by atoms with Gasteiger partial charge in [0.1, 0.15) is 12.6 Å². The molecule has 2 amide bonds. The third-order valence-corrected chi connectivity index (χ3v) is 7.44. The number of hydrazone groups is 1. The Hall–Kier alpha value is -2.49. The molecule has 0 aromatic heterocycles. The number of nitrogens with one attached hydrogen (secondary N) is 2. The van der Waals surface area contributed by atoms with Gasteiger partial charge in [-0.05, 0) is 76.8 Å². The van der Waals surface area contributed by atoms with Crippen molar-refractivity contribution in [3.63, 3.8) is 0 Å². The maximum atomic E-state index is 12.9. The SMILES string of the molecule is CCOc1cc(C=NNC(=O)C(NC(=O)c2ccc(Cl)c(Cl)c2)C(C)C)cc(Br)c1OCc1ccc(Cl)cc1Cl. The van der Waals surface area contributed by atoms with Crippen molar-refractivity contribution < 1.29 is 19.1 Å². The molecular formula is C28H26BrCl4N3O4. The van der Waals surface area contributed by atoms with Crippen LogP contribution < -0.4 is 20.2 Å². The smallest absolute Gasteiger partial charge is 0.262 e. The van der Waals surface area contributed by atoms with Gasteiger partial charge in [0.05, 0.1) is 27.3 Å². The average Bonchev–Trinajstić information content (AvgIpc) is 2.89. The van der Waals surface area contributed by atoms with Crippen LogP contribution in [0, 0.1) is 5.92 Å². The number of amides is 2. The quantitative estimate of drug-likeness (QED) is 0.158. The highest BCUT2D eigenvalue weighted by Crippen LogP contribution is 2.37. The molecule has 0 fully saturated rings. The molecule has 212 valence electrons. The lowest BCUT2D eigenvalue weighted by molar-refractivity contribution is -0.123. The predicted octanol–water partition coefficient (Wildman–Crippen LogP) is 7.95. The number of benzene rings is 3. The van der Waals surface area contributed by atoms with Gasteiger partial charge in [0.25, 0.3) is 11.8 Å². The number of hydrogen-bond donors (Lipinski definition) is 2.